The van der Waals surface area contributed by atoms with E-state index >= 15 is 0 Å². The predicted molar refractivity (Wildman–Crippen MR) is 62.4 cm³/mol. The Balaban J connectivity index is 2.68. The van der Waals surface area contributed by atoms with E-state index in [1.807, 2.05) is 13.0 Å². The van der Waals surface area contributed by atoms with Crippen molar-refractivity contribution in [2.45, 2.75) is 6.92 Å². The summed E-state index contributed by atoms with van der Waals surface area (Å²) in [6, 6.07) is 5.36. The van der Waals surface area contributed by atoms with Crippen LogP contribution in [0.15, 0.2) is 22.0 Å². The van der Waals surface area contributed by atoms with Gasteiger partial charge in [0.15, 0.2) is 0 Å². The molecule has 0 fully saturated rings. The lowest BCUT2D eigenvalue weighted by Gasteiger charge is -2.04. The minimum atomic E-state index is 0.297. The number of benzene rings is 1. The molecule has 0 bridgehead atoms. The van der Waals surface area contributed by atoms with Gasteiger partial charge in [0.2, 0.25) is 0 Å². The lowest BCUT2D eigenvalue weighted by molar-refractivity contribution is 0.344. The highest BCUT2D eigenvalue weighted by Crippen LogP contribution is 2.40. The molecule has 1 aromatic heterocycles. The Hall–Kier alpha value is -0.740. The first-order valence-electron chi connectivity index (χ1n) is 4.26. The van der Waals surface area contributed by atoms with Gasteiger partial charge in [-0.25, -0.2) is 0 Å². The van der Waals surface area contributed by atoms with Crippen molar-refractivity contribution in [2.75, 3.05) is 6.61 Å². The number of ether oxygens (including phenoxy) is 1. The fraction of sp³-hybridized carbons (Fsp3) is 0.200. The van der Waals surface area contributed by atoms with Gasteiger partial charge in [-0.1, -0.05) is 0 Å². The van der Waals surface area contributed by atoms with Crippen LogP contribution in [0, 0.1) is 0 Å². The number of aromatic hydroxyl groups is 1. The molecule has 2 rings (SSSR count). The van der Waals surface area contributed by atoms with Gasteiger partial charge in [-0.3, -0.25) is 0 Å². The lowest BCUT2D eigenvalue weighted by Crippen LogP contribution is -1.90. The molecule has 0 aliphatic rings. The fourth-order valence-corrected chi connectivity index (χ4v) is 2.91. The molecule has 0 saturated carbocycles. The van der Waals surface area contributed by atoms with E-state index in [1.165, 1.54) is 0 Å². The monoisotopic (exact) mass is 272 g/mol. The van der Waals surface area contributed by atoms with Crippen LogP contribution in [0.1, 0.15) is 6.92 Å². The highest BCUT2D eigenvalue weighted by molar-refractivity contribution is 9.11. The molecule has 1 aromatic carbocycles. The van der Waals surface area contributed by atoms with Crippen molar-refractivity contribution < 1.29 is 9.84 Å². The van der Waals surface area contributed by atoms with Crippen LogP contribution in [-0.4, -0.2) is 11.7 Å². The van der Waals surface area contributed by atoms with E-state index in [-0.39, 0.29) is 0 Å². The van der Waals surface area contributed by atoms with Crippen molar-refractivity contribution in [1.29, 1.82) is 0 Å². The van der Waals surface area contributed by atoms with Gasteiger partial charge in [0.25, 0.3) is 0 Å². The Labute approximate surface area is 94.3 Å². The van der Waals surface area contributed by atoms with Gasteiger partial charge in [-0.2, -0.15) is 0 Å². The molecule has 0 unspecified atom stereocenters. The molecule has 0 saturated heterocycles. The number of halogens is 1. The summed E-state index contributed by atoms with van der Waals surface area (Å²) < 4.78 is 7.45. The summed E-state index contributed by atoms with van der Waals surface area (Å²) in [5, 5.41) is 10.4. The van der Waals surface area contributed by atoms with Gasteiger partial charge in [0.05, 0.1) is 15.1 Å². The molecule has 0 radical (unpaired) electrons. The Bertz CT molecular complexity index is 464. The van der Waals surface area contributed by atoms with E-state index in [2.05, 4.69) is 15.9 Å². The number of rotatable bonds is 2. The number of hydrogen-bond donors (Lipinski definition) is 1. The maximum absolute atomic E-state index is 9.61. The molecule has 14 heavy (non-hydrogen) atoms. The molecule has 74 valence electrons. The molecule has 1 N–H and O–H groups in total. The third-order valence-electron chi connectivity index (χ3n) is 1.89. The van der Waals surface area contributed by atoms with Crippen molar-refractivity contribution in [2.24, 2.45) is 0 Å². The maximum atomic E-state index is 9.61. The number of phenols is 1. The molecule has 0 spiro atoms. The molecule has 0 amide bonds. The molecule has 0 atom stereocenters. The average Bonchev–Trinajstić information content (AvgIpc) is 2.53. The second-order valence-corrected chi connectivity index (χ2v) is 5.24. The number of hydrogen-bond acceptors (Lipinski definition) is 3. The van der Waals surface area contributed by atoms with Crippen LogP contribution in [0.5, 0.6) is 11.5 Å². The molecule has 0 aliphatic carbocycles. The van der Waals surface area contributed by atoms with Crippen molar-refractivity contribution in [3.63, 3.8) is 0 Å². The minimum absolute atomic E-state index is 0.297. The number of thiophene rings is 1. The Morgan fingerprint density at radius 2 is 2.29 bits per heavy atom. The second-order valence-electron chi connectivity index (χ2n) is 2.81. The van der Waals surface area contributed by atoms with Gasteiger partial charge in [-0.05, 0) is 41.1 Å². The van der Waals surface area contributed by atoms with E-state index in [0.29, 0.717) is 12.4 Å². The largest absolute Gasteiger partial charge is 0.507 e. The maximum Gasteiger partial charge on any atom is 0.137 e. The first kappa shape index (κ1) is 9.80. The minimum Gasteiger partial charge on any atom is -0.507 e. The molecular formula is C10H9BrO2S. The van der Waals surface area contributed by atoms with Crippen molar-refractivity contribution in [1.82, 2.24) is 0 Å². The average molecular weight is 273 g/mol. The Morgan fingerprint density at radius 1 is 1.50 bits per heavy atom. The predicted octanol–water partition coefficient (Wildman–Crippen LogP) is 3.77. The summed E-state index contributed by atoms with van der Waals surface area (Å²) in [5.41, 5.74) is 0. The van der Waals surface area contributed by atoms with Gasteiger partial charge < -0.3 is 9.84 Å². The third kappa shape index (κ3) is 1.60. The molecule has 1 heterocycles. The smallest absolute Gasteiger partial charge is 0.137 e. The van der Waals surface area contributed by atoms with Crippen LogP contribution < -0.4 is 4.74 Å². The van der Waals surface area contributed by atoms with Crippen LogP contribution in [0.3, 0.4) is 0 Å². The van der Waals surface area contributed by atoms with Crippen LogP contribution in [0.4, 0.5) is 0 Å². The van der Waals surface area contributed by atoms with Gasteiger partial charge in [0, 0.05) is 5.39 Å². The van der Waals surface area contributed by atoms with Crippen LogP contribution >= 0.6 is 27.3 Å². The van der Waals surface area contributed by atoms with E-state index in [9.17, 15) is 5.11 Å². The van der Waals surface area contributed by atoms with E-state index < -0.39 is 0 Å². The molecule has 4 heteroatoms. The van der Waals surface area contributed by atoms with Gasteiger partial charge in [-0.15, -0.1) is 11.3 Å². The number of fused-ring (bicyclic) bond motifs is 1. The number of phenolic OH excluding ortho intramolecular Hbond substituents is 1. The second kappa shape index (κ2) is 3.79. The fourth-order valence-electron chi connectivity index (χ4n) is 1.32. The quantitative estimate of drug-likeness (QED) is 0.902. The summed E-state index contributed by atoms with van der Waals surface area (Å²) in [6.07, 6.45) is 0. The Morgan fingerprint density at radius 3 is 3.00 bits per heavy atom. The zero-order valence-electron chi connectivity index (χ0n) is 7.58. The highest BCUT2D eigenvalue weighted by atomic mass is 79.9. The molecule has 2 aromatic rings. The van der Waals surface area contributed by atoms with Gasteiger partial charge >= 0.3 is 0 Å². The van der Waals surface area contributed by atoms with Crippen molar-refractivity contribution in [3.8, 4) is 11.5 Å². The van der Waals surface area contributed by atoms with E-state index in [4.69, 9.17) is 4.74 Å². The van der Waals surface area contributed by atoms with E-state index in [0.717, 1.165) is 19.6 Å². The van der Waals surface area contributed by atoms with Gasteiger partial charge in [0.1, 0.15) is 11.5 Å². The Kier molecular flexibility index (Phi) is 2.65. The van der Waals surface area contributed by atoms with Crippen molar-refractivity contribution >= 4 is 37.4 Å². The summed E-state index contributed by atoms with van der Waals surface area (Å²) >= 11 is 4.96. The molecular weight excluding hydrogens is 264 g/mol. The lowest BCUT2D eigenvalue weighted by atomic mass is 10.2. The summed E-state index contributed by atoms with van der Waals surface area (Å²) in [7, 11) is 0. The first-order chi connectivity index (χ1) is 6.72. The van der Waals surface area contributed by atoms with Crippen LogP contribution in [0.2, 0.25) is 0 Å². The molecule has 2 nitrogen and oxygen atoms in total. The van der Waals surface area contributed by atoms with Crippen LogP contribution in [-0.2, 0) is 0 Å². The van der Waals surface area contributed by atoms with E-state index in [1.54, 1.807) is 23.5 Å². The zero-order chi connectivity index (χ0) is 10.1. The standard InChI is InChI=1S/C10H9BrO2S/c1-2-13-8-4-3-7(12)6-5-9(11)14-10(6)8/h3-5,12H,2H2,1H3. The summed E-state index contributed by atoms with van der Waals surface area (Å²) in [6.45, 7) is 2.58. The first-order valence-corrected chi connectivity index (χ1v) is 5.87. The third-order valence-corrected chi connectivity index (χ3v) is 3.55. The zero-order valence-corrected chi connectivity index (χ0v) is 9.98. The molecule has 0 aliphatic heterocycles. The SMILES string of the molecule is CCOc1ccc(O)c2cc(Br)sc12. The van der Waals surface area contributed by atoms with Crippen LogP contribution in [0.25, 0.3) is 10.1 Å². The van der Waals surface area contributed by atoms with Crippen molar-refractivity contribution in [3.05, 3.63) is 22.0 Å². The topological polar surface area (TPSA) is 29.5 Å². The normalized spacial score (nSPS) is 10.7. The summed E-state index contributed by atoms with van der Waals surface area (Å²) in [4.78, 5) is 0. The summed E-state index contributed by atoms with van der Waals surface area (Å²) in [5.74, 6) is 1.13. The highest BCUT2D eigenvalue weighted by Gasteiger charge is 2.09.